The minimum absolute atomic E-state index is 0.0320. The van der Waals surface area contributed by atoms with Gasteiger partial charge in [0.05, 0.1) is 10.3 Å². The van der Waals surface area contributed by atoms with E-state index in [9.17, 15) is 4.79 Å². The van der Waals surface area contributed by atoms with E-state index in [4.69, 9.17) is 0 Å². The maximum absolute atomic E-state index is 11.7. The van der Waals surface area contributed by atoms with Crippen LogP contribution in [0.4, 0.5) is 5.69 Å². The van der Waals surface area contributed by atoms with E-state index in [1.807, 2.05) is 30.3 Å². The van der Waals surface area contributed by atoms with E-state index in [1.165, 1.54) is 4.88 Å². The van der Waals surface area contributed by atoms with Gasteiger partial charge in [-0.3, -0.25) is 4.79 Å². The molecule has 106 valence electrons. The molecule has 0 aliphatic rings. The smallest absolute Gasteiger partial charge is 0.238 e. The Kier molecular flexibility index (Phi) is 6.22. The number of anilines is 1. The predicted molar refractivity (Wildman–Crippen MR) is 91.4 cm³/mol. The molecule has 0 aliphatic heterocycles. The molecule has 0 atom stereocenters. The Hall–Kier alpha value is -0.690. The molecule has 20 heavy (non-hydrogen) atoms. The highest BCUT2D eigenvalue weighted by molar-refractivity contribution is 9.11. The number of benzene rings is 1. The van der Waals surface area contributed by atoms with E-state index in [0.717, 1.165) is 26.9 Å². The Bertz CT molecular complexity index is 586. The topological polar surface area (TPSA) is 41.1 Å². The number of hydrogen-bond donors (Lipinski definition) is 2. The zero-order chi connectivity index (χ0) is 14.4. The van der Waals surface area contributed by atoms with Gasteiger partial charge in [-0.05, 0) is 52.7 Å². The third kappa shape index (κ3) is 5.36. The standard InChI is InChI=1S/C14H14Br2N2OS/c15-10-2-1-3-11(8-10)18-14(19)9-17-7-6-12-4-5-13(16)20-12/h1-5,8,17H,6-7,9H2,(H,18,19). The number of nitrogens with one attached hydrogen (secondary N) is 2. The van der Waals surface area contributed by atoms with Gasteiger partial charge < -0.3 is 10.6 Å². The van der Waals surface area contributed by atoms with Crippen LogP contribution in [-0.4, -0.2) is 19.0 Å². The van der Waals surface area contributed by atoms with Crippen LogP contribution < -0.4 is 10.6 Å². The first-order valence-electron chi connectivity index (χ1n) is 6.14. The average molecular weight is 418 g/mol. The van der Waals surface area contributed by atoms with Crippen LogP contribution >= 0.6 is 43.2 Å². The maximum Gasteiger partial charge on any atom is 0.238 e. The van der Waals surface area contributed by atoms with E-state index in [0.29, 0.717) is 6.54 Å². The molecule has 3 nitrogen and oxygen atoms in total. The fourth-order valence-electron chi connectivity index (χ4n) is 1.67. The molecule has 2 N–H and O–H groups in total. The van der Waals surface area contributed by atoms with Gasteiger partial charge in [0.2, 0.25) is 5.91 Å². The van der Waals surface area contributed by atoms with Crippen molar-refractivity contribution in [2.45, 2.75) is 6.42 Å². The van der Waals surface area contributed by atoms with Gasteiger partial charge >= 0.3 is 0 Å². The molecule has 2 aromatic rings. The fraction of sp³-hybridized carbons (Fsp3) is 0.214. The number of carbonyl (C=O) groups is 1. The van der Waals surface area contributed by atoms with Crippen LogP contribution in [0.25, 0.3) is 0 Å². The molecule has 1 aromatic carbocycles. The van der Waals surface area contributed by atoms with Crippen molar-refractivity contribution in [1.29, 1.82) is 0 Å². The highest BCUT2D eigenvalue weighted by Gasteiger charge is 2.03. The summed E-state index contributed by atoms with van der Waals surface area (Å²) in [6.45, 7) is 1.11. The summed E-state index contributed by atoms with van der Waals surface area (Å²) in [6, 6.07) is 11.7. The molecule has 0 saturated heterocycles. The van der Waals surface area contributed by atoms with E-state index in [2.05, 4.69) is 48.6 Å². The molecule has 1 aromatic heterocycles. The third-order valence-electron chi connectivity index (χ3n) is 2.57. The van der Waals surface area contributed by atoms with Gasteiger partial charge in [0.1, 0.15) is 0 Å². The molecular weight excluding hydrogens is 404 g/mol. The first-order valence-corrected chi connectivity index (χ1v) is 8.54. The molecule has 6 heteroatoms. The van der Waals surface area contributed by atoms with Crippen molar-refractivity contribution in [3.63, 3.8) is 0 Å². The third-order valence-corrected chi connectivity index (χ3v) is 4.75. The van der Waals surface area contributed by atoms with E-state index < -0.39 is 0 Å². The second kappa shape index (κ2) is 7.93. The van der Waals surface area contributed by atoms with Crippen LogP contribution in [-0.2, 0) is 11.2 Å². The summed E-state index contributed by atoms with van der Waals surface area (Å²) in [5, 5.41) is 5.99. The zero-order valence-corrected chi connectivity index (χ0v) is 14.6. The fourth-order valence-corrected chi connectivity index (χ4v) is 3.55. The SMILES string of the molecule is O=C(CNCCc1ccc(Br)s1)Nc1cccc(Br)c1. The molecule has 1 amide bonds. The number of carbonyl (C=O) groups excluding carboxylic acids is 1. The van der Waals surface area contributed by atoms with Crippen molar-refractivity contribution in [2.75, 3.05) is 18.4 Å². The summed E-state index contributed by atoms with van der Waals surface area (Å²) in [5.74, 6) is -0.0320. The van der Waals surface area contributed by atoms with Crippen molar-refractivity contribution < 1.29 is 4.79 Å². The van der Waals surface area contributed by atoms with Gasteiger partial charge in [-0.25, -0.2) is 0 Å². The molecule has 1 heterocycles. The largest absolute Gasteiger partial charge is 0.325 e. The lowest BCUT2D eigenvalue weighted by molar-refractivity contribution is -0.115. The number of amides is 1. The normalized spacial score (nSPS) is 10.5. The summed E-state index contributed by atoms with van der Waals surface area (Å²) < 4.78 is 2.09. The summed E-state index contributed by atoms with van der Waals surface area (Å²) in [7, 11) is 0. The van der Waals surface area contributed by atoms with Gasteiger partial charge in [0.25, 0.3) is 0 Å². The Balaban J connectivity index is 1.67. The Labute approximate surface area is 139 Å². The lowest BCUT2D eigenvalue weighted by atomic mass is 10.3. The van der Waals surface area contributed by atoms with Gasteiger partial charge in [-0.1, -0.05) is 22.0 Å². The van der Waals surface area contributed by atoms with Crippen molar-refractivity contribution in [1.82, 2.24) is 5.32 Å². The molecule has 0 saturated carbocycles. The van der Waals surface area contributed by atoms with Crippen LogP contribution in [0.5, 0.6) is 0 Å². The van der Waals surface area contributed by atoms with Gasteiger partial charge in [-0.2, -0.15) is 0 Å². The molecule has 0 unspecified atom stereocenters. The molecule has 2 rings (SSSR count). The number of hydrogen-bond acceptors (Lipinski definition) is 3. The molecule has 0 bridgehead atoms. The molecule has 0 fully saturated rings. The van der Waals surface area contributed by atoms with Gasteiger partial charge in [0.15, 0.2) is 0 Å². The Morgan fingerprint density at radius 1 is 1.20 bits per heavy atom. The van der Waals surface area contributed by atoms with Crippen molar-refractivity contribution >= 4 is 54.8 Å². The van der Waals surface area contributed by atoms with E-state index in [1.54, 1.807) is 11.3 Å². The predicted octanol–water partition coefficient (Wildman–Crippen LogP) is 4.04. The number of thiophene rings is 1. The second-order valence-electron chi connectivity index (χ2n) is 4.19. The summed E-state index contributed by atoms with van der Waals surface area (Å²) in [5.41, 5.74) is 0.799. The summed E-state index contributed by atoms with van der Waals surface area (Å²) in [4.78, 5) is 13.0. The lowest BCUT2D eigenvalue weighted by Crippen LogP contribution is -2.29. The van der Waals surface area contributed by atoms with Crippen LogP contribution in [0.3, 0.4) is 0 Å². The minimum Gasteiger partial charge on any atom is -0.325 e. The molecule has 0 aliphatic carbocycles. The van der Waals surface area contributed by atoms with Gasteiger partial charge in [-0.15, -0.1) is 11.3 Å². The van der Waals surface area contributed by atoms with E-state index >= 15 is 0 Å². The summed E-state index contributed by atoms with van der Waals surface area (Å²) in [6.07, 6.45) is 0.931. The minimum atomic E-state index is -0.0320. The molecule has 0 radical (unpaired) electrons. The Morgan fingerprint density at radius 2 is 2.05 bits per heavy atom. The second-order valence-corrected chi connectivity index (χ2v) is 7.65. The molecule has 0 spiro atoms. The van der Waals surface area contributed by atoms with Crippen molar-refractivity contribution in [3.8, 4) is 0 Å². The van der Waals surface area contributed by atoms with Crippen LogP contribution in [0, 0.1) is 0 Å². The summed E-state index contributed by atoms with van der Waals surface area (Å²) >= 11 is 8.53. The molecular formula is C14H14Br2N2OS. The van der Waals surface area contributed by atoms with Crippen molar-refractivity contribution in [2.24, 2.45) is 0 Å². The monoisotopic (exact) mass is 416 g/mol. The Morgan fingerprint density at radius 3 is 2.75 bits per heavy atom. The van der Waals surface area contributed by atoms with Crippen molar-refractivity contribution in [3.05, 3.63) is 49.5 Å². The van der Waals surface area contributed by atoms with Crippen LogP contribution in [0.15, 0.2) is 44.7 Å². The number of rotatable bonds is 6. The highest BCUT2D eigenvalue weighted by Crippen LogP contribution is 2.22. The average Bonchev–Trinajstić information content (AvgIpc) is 2.80. The highest BCUT2D eigenvalue weighted by atomic mass is 79.9. The first-order chi connectivity index (χ1) is 9.63. The lowest BCUT2D eigenvalue weighted by Gasteiger charge is -2.06. The first kappa shape index (κ1) is 15.7. The van der Waals surface area contributed by atoms with Gasteiger partial charge in [0, 0.05) is 21.6 Å². The quantitative estimate of drug-likeness (QED) is 0.696. The van der Waals surface area contributed by atoms with Crippen LogP contribution in [0.2, 0.25) is 0 Å². The van der Waals surface area contributed by atoms with E-state index in [-0.39, 0.29) is 5.91 Å². The zero-order valence-electron chi connectivity index (χ0n) is 10.7. The number of halogens is 2. The van der Waals surface area contributed by atoms with Crippen LogP contribution in [0.1, 0.15) is 4.88 Å². The maximum atomic E-state index is 11.7.